The van der Waals surface area contributed by atoms with Crippen LogP contribution in [0.5, 0.6) is 0 Å². The molecular formula is C40H81NO9S. The number of hydrogen-bond donors (Lipinski definition) is 4. The van der Waals surface area contributed by atoms with E-state index in [9.17, 15) is 37.9 Å². The van der Waals surface area contributed by atoms with Crippen LogP contribution in [0.2, 0.25) is 0 Å². The Hall–Kier alpha value is -0.950. The number of carbonyl (C=O) groups is 2. The summed E-state index contributed by atoms with van der Waals surface area (Å²) in [6, 6.07) is 0. The third-order valence-corrected chi connectivity index (χ3v) is 10.8. The Morgan fingerprint density at radius 1 is 0.569 bits per heavy atom. The monoisotopic (exact) mass is 752 g/mol. The maximum absolute atomic E-state index is 13.4. The van der Waals surface area contributed by atoms with E-state index in [1.807, 2.05) is 0 Å². The Bertz CT molecular complexity index is 915. The molecular weight excluding hydrogens is 671 g/mol. The number of rotatable bonds is 36. The average molecular weight is 752 g/mol. The highest BCUT2D eigenvalue weighted by Gasteiger charge is 2.57. The van der Waals surface area contributed by atoms with E-state index < -0.39 is 51.3 Å². The van der Waals surface area contributed by atoms with Gasteiger partial charge in [0.25, 0.3) is 0 Å². The average Bonchev–Trinajstić information content (AvgIpc) is 3.03. The van der Waals surface area contributed by atoms with Crippen LogP contribution in [0.15, 0.2) is 0 Å². The van der Waals surface area contributed by atoms with Crippen molar-refractivity contribution >= 4 is 22.0 Å². The Morgan fingerprint density at radius 3 is 1.02 bits per heavy atom. The molecule has 0 saturated carbocycles. The molecule has 0 amide bonds. The third kappa shape index (κ3) is 24.9. The molecule has 0 rings (SSSR count). The molecule has 0 aliphatic carbocycles. The van der Waals surface area contributed by atoms with Gasteiger partial charge in [-0.1, -0.05) is 168 Å². The first-order chi connectivity index (χ1) is 23.6. The molecule has 0 aliphatic rings. The molecule has 0 bridgehead atoms. The van der Waals surface area contributed by atoms with Crippen LogP contribution >= 0.6 is 0 Å². The number of aliphatic hydroxyl groups excluding tert-OH is 1. The van der Waals surface area contributed by atoms with Crippen molar-refractivity contribution < 1.29 is 42.1 Å². The van der Waals surface area contributed by atoms with Gasteiger partial charge in [-0.2, -0.15) is 0 Å². The summed E-state index contributed by atoms with van der Waals surface area (Å²) in [5, 5.41) is 33.6. The summed E-state index contributed by atoms with van der Waals surface area (Å²) in [5.74, 6) is -3.32. The number of hydrogen-bond acceptors (Lipinski definition) is 9. The largest absolute Gasteiger partial charge is 0.726 e. The van der Waals surface area contributed by atoms with Crippen molar-refractivity contribution in [1.82, 2.24) is 6.15 Å². The summed E-state index contributed by atoms with van der Waals surface area (Å²) in [4.78, 5) is 26.8. The second kappa shape index (κ2) is 30.4. The third-order valence-electron chi connectivity index (χ3n) is 10.4. The van der Waals surface area contributed by atoms with Crippen LogP contribution in [0.25, 0.3) is 0 Å². The van der Waals surface area contributed by atoms with Crippen LogP contribution in [0, 0.1) is 5.92 Å². The number of aliphatic hydroxyl groups is 3. The molecule has 4 atom stereocenters. The molecule has 0 heterocycles. The molecule has 0 saturated heterocycles. The highest BCUT2D eigenvalue weighted by Crippen LogP contribution is 2.38. The van der Waals surface area contributed by atoms with Gasteiger partial charge >= 0.3 is 0 Å². The van der Waals surface area contributed by atoms with Gasteiger partial charge in [-0.25, -0.2) is 8.42 Å². The van der Waals surface area contributed by atoms with E-state index in [1.165, 1.54) is 103 Å². The molecule has 4 unspecified atom stereocenters. The molecule has 0 radical (unpaired) electrons. The molecule has 0 aromatic rings. The number of unbranched alkanes of at least 4 members (excludes halogenated alkanes) is 24. The van der Waals surface area contributed by atoms with Gasteiger partial charge in [-0.05, 0) is 33.6 Å². The van der Waals surface area contributed by atoms with Crippen LogP contribution < -0.4 is 6.15 Å². The number of carbonyl (C=O) groups excluding carboxylic acids is 2. The summed E-state index contributed by atoms with van der Waals surface area (Å²) >= 11 is 0. The van der Waals surface area contributed by atoms with Crippen LogP contribution in [0.3, 0.4) is 0 Å². The molecule has 0 aromatic carbocycles. The van der Waals surface area contributed by atoms with Gasteiger partial charge in [0.1, 0.15) is 17.3 Å². The standard InChI is InChI=1S/C40H78O9S.H3N/c1-6-8-10-12-14-16-18-20-22-24-26-28-30-32-35(42)39(4,44)38(37(34(3)41)49-50(46,47)48)40(5,45)36(43)33-31-29-27-25-23-21-19-17-15-13-11-9-7-2;/h34,37-38,41,44-45H,6-33H2,1-5H3,(H,46,47,48);1H3. The van der Waals surface area contributed by atoms with E-state index in [4.69, 9.17) is 0 Å². The highest BCUT2D eigenvalue weighted by molar-refractivity contribution is 7.80. The van der Waals surface area contributed by atoms with Gasteiger partial charge in [0, 0.05) is 12.8 Å². The fourth-order valence-corrected chi connectivity index (χ4v) is 7.74. The minimum atomic E-state index is -5.42. The Kier molecular flexibility index (Phi) is 31.1. The fraction of sp³-hybridized carbons (Fsp3) is 0.950. The summed E-state index contributed by atoms with van der Waals surface area (Å²) in [6.45, 7) is 7.77. The minimum absolute atomic E-state index is 0. The second-order valence-corrected chi connectivity index (χ2v) is 16.3. The Labute approximate surface area is 313 Å². The van der Waals surface area contributed by atoms with E-state index >= 15 is 0 Å². The van der Waals surface area contributed by atoms with Crippen LogP contribution in [-0.4, -0.2) is 63.3 Å². The molecule has 0 aliphatic heterocycles. The predicted octanol–water partition coefficient (Wildman–Crippen LogP) is 9.81. The van der Waals surface area contributed by atoms with Crippen LogP contribution in [-0.2, 0) is 24.2 Å². The van der Waals surface area contributed by atoms with Crippen LogP contribution in [0.1, 0.15) is 214 Å². The van der Waals surface area contributed by atoms with Crippen molar-refractivity contribution in [2.45, 2.75) is 238 Å². The van der Waals surface area contributed by atoms with E-state index in [0.717, 1.165) is 72.1 Å². The Morgan fingerprint density at radius 2 is 0.804 bits per heavy atom. The van der Waals surface area contributed by atoms with Gasteiger partial charge in [0.15, 0.2) is 11.6 Å². The lowest BCUT2D eigenvalue weighted by molar-refractivity contribution is -0.185. The molecule has 0 fully saturated rings. The number of ketones is 2. The lowest BCUT2D eigenvalue weighted by Crippen LogP contribution is -2.63. The molecule has 51 heavy (non-hydrogen) atoms. The van der Waals surface area contributed by atoms with E-state index in [1.54, 1.807) is 0 Å². The van der Waals surface area contributed by atoms with E-state index in [2.05, 4.69) is 18.0 Å². The van der Waals surface area contributed by atoms with Crippen molar-refractivity contribution in [3.8, 4) is 0 Å². The second-order valence-electron chi connectivity index (χ2n) is 15.3. The van der Waals surface area contributed by atoms with Gasteiger partial charge in [-0.3, -0.25) is 13.8 Å². The van der Waals surface area contributed by atoms with E-state index in [0.29, 0.717) is 12.8 Å². The smallest absolute Gasteiger partial charge is 0.218 e. The van der Waals surface area contributed by atoms with Gasteiger partial charge in [0.2, 0.25) is 10.4 Å². The van der Waals surface area contributed by atoms with Gasteiger partial charge < -0.3 is 26.0 Å². The number of Topliss-reactive ketones (excluding diaryl/α,β-unsaturated/α-hetero) is 2. The molecule has 11 heteroatoms. The zero-order valence-electron chi connectivity index (χ0n) is 33.7. The first-order valence-electron chi connectivity index (χ1n) is 20.5. The lowest BCUT2D eigenvalue weighted by Gasteiger charge is -2.45. The van der Waals surface area contributed by atoms with Gasteiger partial charge in [-0.15, -0.1) is 0 Å². The molecule has 0 spiro atoms. The maximum Gasteiger partial charge on any atom is 0.218 e. The van der Waals surface area contributed by atoms with Crippen molar-refractivity contribution in [1.29, 1.82) is 0 Å². The molecule has 10 nitrogen and oxygen atoms in total. The van der Waals surface area contributed by atoms with Crippen molar-refractivity contribution in [2.75, 3.05) is 0 Å². The zero-order chi connectivity index (χ0) is 37.9. The zero-order valence-corrected chi connectivity index (χ0v) is 34.5. The summed E-state index contributed by atoms with van der Waals surface area (Å²) < 4.78 is 39.5. The summed E-state index contributed by atoms with van der Waals surface area (Å²) in [5.41, 5.74) is -4.92. The predicted molar refractivity (Wildman–Crippen MR) is 208 cm³/mol. The molecule has 7 N–H and O–H groups in total. The van der Waals surface area contributed by atoms with Crippen molar-refractivity contribution in [3.05, 3.63) is 0 Å². The quantitative estimate of drug-likeness (QED) is 0.0273. The lowest BCUT2D eigenvalue weighted by atomic mass is 9.67. The summed E-state index contributed by atoms with van der Waals surface area (Å²) in [6.07, 6.45) is 25.2. The molecule has 0 aromatic heterocycles. The van der Waals surface area contributed by atoms with Crippen LogP contribution in [0.4, 0.5) is 0 Å². The first-order valence-corrected chi connectivity index (χ1v) is 21.8. The number of quaternary nitrogens is 1. The SMILES string of the molecule is CCCCCCCCCCCCCCCC(=O)C(C)(O)C(C(OS(=O)(=O)[O-])C(C)O)C(C)(O)C(=O)CCCCCCCCCCCCCCC.[NH4+]. The maximum atomic E-state index is 13.4. The minimum Gasteiger partial charge on any atom is -0.726 e. The Balaban J connectivity index is 0. The topological polar surface area (TPSA) is 198 Å². The first kappa shape index (κ1) is 52.2. The van der Waals surface area contributed by atoms with Gasteiger partial charge in [0.05, 0.1) is 12.0 Å². The molecule has 306 valence electrons. The summed E-state index contributed by atoms with van der Waals surface area (Å²) in [7, 11) is -5.42. The van der Waals surface area contributed by atoms with Crippen molar-refractivity contribution in [3.63, 3.8) is 0 Å². The normalized spacial score (nSPS) is 16.1. The fourth-order valence-electron chi connectivity index (χ4n) is 7.20. The van der Waals surface area contributed by atoms with Crippen molar-refractivity contribution in [2.24, 2.45) is 5.92 Å². The highest BCUT2D eigenvalue weighted by atomic mass is 32.3. The van der Waals surface area contributed by atoms with E-state index in [-0.39, 0.29) is 19.0 Å².